The Balaban J connectivity index is 2.77. The van der Waals surface area contributed by atoms with Gasteiger partial charge in [-0.3, -0.25) is 0 Å². The van der Waals surface area contributed by atoms with Crippen LogP contribution in [0.15, 0.2) is 22.7 Å². The third-order valence-corrected chi connectivity index (χ3v) is 3.85. The molecule has 1 aromatic heterocycles. The second kappa shape index (κ2) is 3.25. The largest absolute Gasteiger partial charge is 0.477 e. The summed E-state index contributed by atoms with van der Waals surface area (Å²) >= 11 is 4.58. The number of rotatable bonds is 1. The molecular formula is C9H6BrNO2S. The number of hydrogen-bond donors (Lipinski definition) is 2. The number of carbonyl (C=O) groups is 1. The van der Waals surface area contributed by atoms with E-state index in [1.807, 2.05) is 6.07 Å². The molecule has 0 spiro atoms. The summed E-state index contributed by atoms with van der Waals surface area (Å²) in [4.78, 5) is 11.1. The van der Waals surface area contributed by atoms with Gasteiger partial charge in [-0.1, -0.05) is 0 Å². The highest BCUT2D eigenvalue weighted by Crippen LogP contribution is 2.34. The Morgan fingerprint density at radius 1 is 1.50 bits per heavy atom. The highest BCUT2D eigenvalue weighted by Gasteiger charge is 2.11. The maximum absolute atomic E-state index is 10.7. The number of carboxylic acid groups (broad SMARTS) is 1. The van der Waals surface area contributed by atoms with Crippen molar-refractivity contribution >= 4 is 49.0 Å². The van der Waals surface area contributed by atoms with E-state index in [-0.39, 0.29) is 0 Å². The van der Waals surface area contributed by atoms with E-state index in [0.29, 0.717) is 10.6 Å². The molecule has 5 heteroatoms. The first-order chi connectivity index (χ1) is 6.59. The van der Waals surface area contributed by atoms with E-state index in [2.05, 4.69) is 15.9 Å². The summed E-state index contributed by atoms with van der Waals surface area (Å²) in [7, 11) is 0. The summed E-state index contributed by atoms with van der Waals surface area (Å²) in [6.45, 7) is 0. The topological polar surface area (TPSA) is 63.3 Å². The van der Waals surface area contributed by atoms with Crippen LogP contribution in [0, 0.1) is 0 Å². The Morgan fingerprint density at radius 2 is 2.21 bits per heavy atom. The molecule has 1 heterocycles. The highest BCUT2D eigenvalue weighted by molar-refractivity contribution is 9.10. The lowest BCUT2D eigenvalue weighted by atomic mass is 10.2. The first-order valence-electron chi connectivity index (χ1n) is 3.80. The van der Waals surface area contributed by atoms with Gasteiger partial charge in [-0.05, 0) is 34.1 Å². The van der Waals surface area contributed by atoms with Crippen LogP contribution in [0.5, 0.6) is 0 Å². The Hall–Kier alpha value is -1.07. The smallest absolute Gasteiger partial charge is 0.345 e. The standard InChI is InChI=1S/C9H6BrNO2S/c10-8-4-3-7(9(12)13)14-6(4)2-1-5(8)11/h1-3H,11H2,(H,12,13). The van der Waals surface area contributed by atoms with Crippen LogP contribution in [0.2, 0.25) is 0 Å². The zero-order valence-electron chi connectivity index (χ0n) is 6.95. The van der Waals surface area contributed by atoms with Gasteiger partial charge in [-0.15, -0.1) is 11.3 Å². The number of anilines is 1. The maximum Gasteiger partial charge on any atom is 0.345 e. The van der Waals surface area contributed by atoms with Crippen molar-refractivity contribution in [2.45, 2.75) is 0 Å². The van der Waals surface area contributed by atoms with Crippen molar-refractivity contribution in [1.29, 1.82) is 0 Å². The van der Waals surface area contributed by atoms with Crippen molar-refractivity contribution in [2.75, 3.05) is 5.73 Å². The number of nitrogen functional groups attached to an aromatic ring is 1. The average Bonchev–Trinajstić information content (AvgIpc) is 2.56. The van der Waals surface area contributed by atoms with Gasteiger partial charge in [-0.25, -0.2) is 4.79 Å². The normalized spacial score (nSPS) is 10.6. The summed E-state index contributed by atoms with van der Waals surface area (Å²) < 4.78 is 1.68. The van der Waals surface area contributed by atoms with Gasteiger partial charge in [0.15, 0.2) is 0 Å². The van der Waals surface area contributed by atoms with Gasteiger partial charge in [0, 0.05) is 20.2 Å². The molecular weight excluding hydrogens is 266 g/mol. The number of hydrogen-bond acceptors (Lipinski definition) is 3. The SMILES string of the molecule is Nc1ccc2sc(C(=O)O)cc2c1Br. The molecule has 3 nitrogen and oxygen atoms in total. The van der Waals surface area contributed by atoms with E-state index in [0.717, 1.165) is 14.6 Å². The molecule has 72 valence electrons. The number of thiophene rings is 1. The molecule has 0 amide bonds. The van der Waals surface area contributed by atoms with Crippen molar-refractivity contribution < 1.29 is 9.90 Å². The average molecular weight is 272 g/mol. The third-order valence-electron chi connectivity index (χ3n) is 1.88. The third kappa shape index (κ3) is 1.38. The van der Waals surface area contributed by atoms with E-state index >= 15 is 0 Å². The van der Waals surface area contributed by atoms with Crippen molar-refractivity contribution in [3.05, 3.63) is 27.5 Å². The summed E-state index contributed by atoms with van der Waals surface area (Å²) in [5, 5.41) is 9.66. The van der Waals surface area contributed by atoms with E-state index < -0.39 is 5.97 Å². The predicted molar refractivity (Wildman–Crippen MR) is 60.9 cm³/mol. The number of nitrogens with two attached hydrogens (primary N) is 1. The summed E-state index contributed by atoms with van der Waals surface area (Å²) in [6.07, 6.45) is 0. The van der Waals surface area contributed by atoms with Crippen molar-refractivity contribution in [3.63, 3.8) is 0 Å². The molecule has 0 aliphatic carbocycles. The Morgan fingerprint density at radius 3 is 2.86 bits per heavy atom. The van der Waals surface area contributed by atoms with Crippen LogP contribution in [-0.2, 0) is 0 Å². The van der Waals surface area contributed by atoms with Crippen molar-refractivity contribution in [3.8, 4) is 0 Å². The summed E-state index contributed by atoms with van der Waals surface area (Å²) in [6, 6.07) is 5.21. The second-order valence-electron chi connectivity index (χ2n) is 2.80. The number of carboxylic acids is 1. The minimum atomic E-state index is -0.906. The van der Waals surface area contributed by atoms with Crippen LogP contribution < -0.4 is 5.73 Å². The molecule has 0 aliphatic rings. The molecule has 14 heavy (non-hydrogen) atoms. The molecule has 0 fully saturated rings. The number of aromatic carboxylic acids is 1. The fourth-order valence-electron chi connectivity index (χ4n) is 1.20. The number of benzene rings is 1. The molecule has 0 atom stereocenters. The van der Waals surface area contributed by atoms with Crippen LogP contribution in [0.1, 0.15) is 9.67 Å². The molecule has 2 rings (SSSR count). The molecule has 0 saturated heterocycles. The van der Waals surface area contributed by atoms with Gasteiger partial charge in [0.2, 0.25) is 0 Å². The molecule has 0 unspecified atom stereocenters. The highest BCUT2D eigenvalue weighted by atomic mass is 79.9. The van der Waals surface area contributed by atoms with Crippen molar-refractivity contribution in [2.24, 2.45) is 0 Å². The van der Waals surface area contributed by atoms with Gasteiger partial charge in [0.05, 0.1) is 0 Å². The lowest BCUT2D eigenvalue weighted by Gasteiger charge is -1.97. The van der Waals surface area contributed by atoms with E-state index in [1.54, 1.807) is 12.1 Å². The van der Waals surface area contributed by atoms with Gasteiger partial charge in [0.1, 0.15) is 4.88 Å². The van der Waals surface area contributed by atoms with E-state index in [9.17, 15) is 4.79 Å². The lowest BCUT2D eigenvalue weighted by molar-refractivity contribution is 0.0702. The molecule has 1 aromatic carbocycles. The molecule has 0 bridgehead atoms. The molecule has 0 radical (unpaired) electrons. The van der Waals surface area contributed by atoms with E-state index in [1.165, 1.54) is 11.3 Å². The van der Waals surface area contributed by atoms with Gasteiger partial charge in [0.25, 0.3) is 0 Å². The lowest BCUT2D eigenvalue weighted by Crippen LogP contribution is -1.89. The maximum atomic E-state index is 10.7. The monoisotopic (exact) mass is 271 g/mol. The number of halogens is 1. The minimum Gasteiger partial charge on any atom is -0.477 e. The molecule has 2 aromatic rings. The first kappa shape index (κ1) is 9.48. The van der Waals surface area contributed by atoms with Gasteiger partial charge < -0.3 is 10.8 Å². The van der Waals surface area contributed by atoms with E-state index in [4.69, 9.17) is 10.8 Å². The quantitative estimate of drug-likeness (QED) is 0.784. The fourth-order valence-corrected chi connectivity index (χ4v) is 2.70. The first-order valence-corrected chi connectivity index (χ1v) is 5.41. The van der Waals surface area contributed by atoms with Gasteiger partial charge >= 0.3 is 5.97 Å². The molecule has 3 N–H and O–H groups in total. The molecule has 0 aliphatic heterocycles. The second-order valence-corrected chi connectivity index (χ2v) is 4.67. The molecule has 0 saturated carbocycles. The van der Waals surface area contributed by atoms with Crippen LogP contribution in [0.4, 0.5) is 5.69 Å². The minimum absolute atomic E-state index is 0.325. The Bertz CT molecular complexity index is 521. The van der Waals surface area contributed by atoms with Crippen LogP contribution in [0.25, 0.3) is 10.1 Å². The Kier molecular flexibility index (Phi) is 2.20. The van der Waals surface area contributed by atoms with Crippen LogP contribution in [0.3, 0.4) is 0 Å². The van der Waals surface area contributed by atoms with Crippen molar-refractivity contribution in [1.82, 2.24) is 0 Å². The zero-order valence-corrected chi connectivity index (χ0v) is 9.35. The Labute approximate surface area is 92.3 Å². The zero-order chi connectivity index (χ0) is 10.3. The summed E-state index contributed by atoms with van der Waals surface area (Å²) in [5.41, 5.74) is 6.30. The fraction of sp³-hybridized carbons (Fsp3) is 0. The predicted octanol–water partition coefficient (Wildman–Crippen LogP) is 2.94. The van der Waals surface area contributed by atoms with Crippen LogP contribution in [-0.4, -0.2) is 11.1 Å². The number of fused-ring (bicyclic) bond motifs is 1. The van der Waals surface area contributed by atoms with Crippen LogP contribution >= 0.6 is 27.3 Å². The van der Waals surface area contributed by atoms with Gasteiger partial charge in [-0.2, -0.15) is 0 Å². The summed E-state index contributed by atoms with van der Waals surface area (Å²) in [5.74, 6) is -0.906.